The van der Waals surface area contributed by atoms with Crippen LogP contribution in [0.3, 0.4) is 0 Å². The molecule has 2 aromatic carbocycles. The van der Waals surface area contributed by atoms with Crippen molar-refractivity contribution >= 4 is 21.4 Å². The number of hydrogen-bond donors (Lipinski definition) is 1. The second-order valence-corrected chi connectivity index (χ2v) is 7.60. The molecule has 0 fully saturated rings. The van der Waals surface area contributed by atoms with Gasteiger partial charge in [-0.2, -0.15) is 0 Å². The minimum atomic E-state index is -3.45. The van der Waals surface area contributed by atoms with Crippen LogP contribution in [-0.4, -0.2) is 19.9 Å². The van der Waals surface area contributed by atoms with Crippen molar-refractivity contribution in [2.24, 2.45) is 0 Å². The van der Waals surface area contributed by atoms with Crippen LogP contribution < -0.4 is 4.72 Å². The molecule has 0 aliphatic rings. The first-order chi connectivity index (χ1) is 11.1. The third-order valence-electron chi connectivity index (χ3n) is 3.30. The van der Waals surface area contributed by atoms with E-state index in [9.17, 15) is 8.42 Å². The maximum absolute atomic E-state index is 12.1. The van der Waals surface area contributed by atoms with Gasteiger partial charge in [-0.1, -0.05) is 48.5 Å². The average molecular weight is 344 g/mol. The number of aromatic nitrogens is 1. The lowest BCUT2D eigenvalue weighted by atomic mass is 10.2. The molecule has 1 heterocycles. The van der Waals surface area contributed by atoms with Crippen LogP contribution in [-0.2, 0) is 16.4 Å². The van der Waals surface area contributed by atoms with Gasteiger partial charge < -0.3 is 0 Å². The minimum absolute atomic E-state index is 0.281. The molecule has 0 unspecified atom stereocenters. The van der Waals surface area contributed by atoms with Crippen molar-refractivity contribution in [3.63, 3.8) is 0 Å². The summed E-state index contributed by atoms with van der Waals surface area (Å²) in [6.07, 6.45) is 0.565. The number of nitrogens with zero attached hydrogens (tertiary/aromatic N) is 1. The Morgan fingerprint density at radius 1 is 0.957 bits per heavy atom. The van der Waals surface area contributed by atoms with Crippen molar-refractivity contribution in [1.82, 2.24) is 9.71 Å². The van der Waals surface area contributed by atoms with Crippen LogP contribution in [0, 0.1) is 0 Å². The van der Waals surface area contributed by atoms with Crippen molar-refractivity contribution in [3.8, 4) is 10.6 Å². The Balaban J connectivity index is 1.61. The van der Waals surface area contributed by atoms with Gasteiger partial charge in [-0.15, -0.1) is 11.3 Å². The summed E-state index contributed by atoms with van der Waals surface area (Å²) in [7, 11) is -3.45. The van der Waals surface area contributed by atoms with Gasteiger partial charge in [-0.3, -0.25) is 0 Å². The van der Waals surface area contributed by atoms with Gasteiger partial charge in [0.15, 0.2) is 0 Å². The first-order valence-electron chi connectivity index (χ1n) is 7.20. The van der Waals surface area contributed by atoms with Crippen molar-refractivity contribution in [2.75, 3.05) is 6.54 Å². The summed E-state index contributed by atoms with van der Waals surface area (Å²) in [5, 5.41) is 2.92. The molecule has 0 amide bonds. The van der Waals surface area contributed by atoms with Gasteiger partial charge in [0.2, 0.25) is 10.0 Å². The third-order valence-corrected chi connectivity index (χ3v) is 5.72. The predicted molar refractivity (Wildman–Crippen MR) is 92.9 cm³/mol. The van der Waals surface area contributed by atoms with Gasteiger partial charge in [0.05, 0.1) is 10.6 Å². The Labute approximate surface area is 139 Å². The van der Waals surface area contributed by atoms with Crippen LogP contribution in [0.5, 0.6) is 0 Å². The molecular formula is C17H16N2O2S2. The zero-order valence-electron chi connectivity index (χ0n) is 12.3. The largest absolute Gasteiger partial charge is 0.241 e. The van der Waals surface area contributed by atoms with E-state index in [1.807, 2.05) is 35.7 Å². The third kappa shape index (κ3) is 4.04. The molecule has 6 heteroatoms. The highest BCUT2D eigenvalue weighted by Crippen LogP contribution is 2.23. The first-order valence-corrected chi connectivity index (χ1v) is 9.56. The normalized spacial score (nSPS) is 11.5. The van der Waals surface area contributed by atoms with Crippen molar-refractivity contribution in [2.45, 2.75) is 11.3 Å². The Morgan fingerprint density at radius 3 is 2.30 bits per heavy atom. The molecule has 0 spiro atoms. The van der Waals surface area contributed by atoms with Gasteiger partial charge in [0.1, 0.15) is 5.01 Å². The highest BCUT2D eigenvalue weighted by Gasteiger charge is 2.12. The lowest BCUT2D eigenvalue weighted by Crippen LogP contribution is -2.26. The van der Waals surface area contributed by atoms with E-state index in [-0.39, 0.29) is 4.90 Å². The van der Waals surface area contributed by atoms with Crippen LogP contribution >= 0.6 is 11.3 Å². The summed E-state index contributed by atoms with van der Waals surface area (Å²) in [5.74, 6) is 0. The Morgan fingerprint density at radius 2 is 1.61 bits per heavy atom. The van der Waals surface area contributed by atoms with Crippen LogP contribution in [0.15, 0.2) is 70.9 Å². The van der Waals surface area contributed by atoms with E-state index in [1.165, 1.54) is 0 Å². The lowest BCUT2D eigenvalue weighted by molar-refractivity contribution is 0.581. The standard InChI is InChI=1S/C17H16N2O2S2/c20-23(21,16-9-5-2-6-10-16)18-12-11-15-13-22-17(19-15)14-7-3-1-4-8-14/h1-10,13,18H,11-12H2. The number of benzene rings is 2. The Kier molecular flexibility index (Phi) is 4.85. The molecule has 1 aromatic heterocycles. The molecule has 0 saturated carbocycles. The molecule has 4 nitrogen and oxygen atoms in total. The molecule has 0 bridgehead atoms. The van der Waals surface area contributed by atoms with E-state index in [4.69, 9.17) is 0 Å². The molecule has 23 heavy (non-hydrogen) atoms. The monoisotopic (exact) mass is 344 g/mol. The number of thiazole rings is 1. The highest BCUT2D eigenvalue weighted by molar-refractivity contribution is 7.89. The molecule has 1 N–H and O–H groups in total. The second kappa shape index (κ2) is 7.04. The second-order valence-electron chi connectivity index (χ2n) is 4.97. The lowest BCUT2D eigenvalue weighted by Gasteiger charge is -2.05. The van der Waals surface area contributed by atoms with E-state index in [0.29, 0.717) is 13.0 Å². The summed E-state index contributed by atoms with van der Waals surface area (Å²) < 4.78 is 26.8. The number of rotatable bonds is 6. The maximum Gasteiger partial charge on any atom is 0.240 e. The number of nitrogens with one attached hydrogen (secondary N) is 1. The fraction of sp³-hybridized carbons (Fsp3) is 0.118. The van der Waals surface area contributed by atoms with E-state index in [2.05, 4.69) is 9.71 Å². The zero-order valence-corrected chi connectivity index (χ0v) is 14.0. The Bertz CT molecular complexity index is 860. The van der Waals surface area contributed by atoms with Crippen molar-refractivity contribution in [3.05, 3.63) is 71.7 Å². The molecule has 0 radical (unpaired) electrons. The summed E-state index contributed by atoms with van der Waals surface area (Å²) in [6, 6.07) is 18.3. The number of hydrogen-bond acceptors (Lipinski definition) is 4. The maximum atomic E-state index is 12.1. The molecule has 0 saturated heterocycles. The van der Waals surface area contributed by atoms with Crippen LogP contribution in [0.25, 0.3) is 10.6 Å². The van der Waals surface area contributed by atoms with E-state index in [0.717, 1.165) is 16.3 Å². The van der Waals surface area contributed by atoms with Gasteiger partial charge >= 0.3 is 0 Å². The zero-order chi connectivity index (χ0) is 16.1. The molecular weight excluding hydrogens is 328 g/mol. The molecule has 0 atom stereocenters. The molecule has 0 aliphatic heterocycles. The predicted octanol–water partition coefficient (Wildman–Crippen LogP) is 3.33. The minimum Gasteiger partial charge on any atom is -0.241 e. The van der Waals surface area contributed by atoms with E-state index in [1.54, 1.807) is 41.7 Å². The van der Waals surface area contributed by atoms with Crippen molar-refractivity contribution in [1.29, 1.82) is 0 Å². The van der Waals surface area contributed by atoms with E-state index < -0.39 is 10.0 Å². The molecule has 0 aliphatic carbocycles. The quantitative estimate of drug-likeness (QED) is 0.746. The molecule has 3 rings (SSSR count). The SMILES string of the molecule is O=S(=O)(NCCc1csc(-c2ccccc2)n1)c1ccccc1. The smallest absolute Gasteiger partial charge is 0.240 e. The van der Waals surface area contributed by atoms with Crippen molar-refractivity contribution < 1.29 is 8.42 Å². The van der Waals surface area contributed by atoms with Gasteiger partial charge in [-0.05, 0) is 12.1 Å². The average Bonchev–Trinajstić information content (AvgIpc) is 3.05. The summed E-state index contributed by atoms with van der Waals surface area (Å²) in [4.78, 5) is 4.84. The van der Waals surface area contributed by atoms with E-state index >= 15 is 0 Å². The molecule has 3 aromatic rings. The topological polar surface area (TPSA) is 59.1 Å². The van der Waals surface area contributed by atoms with Gasteiger partial charge in [0, 0.05) is 23.9 Å². The summed E-state index contributed by atoms with van der Waals surface area (Å²) >= 11 is 1.57. The first kappa shape index (κ1) is 15.9. The molecule has 118 valence electrons. The fourth-order valence-electron chi connectivity index (χ4n) is 2.13. The Hall–Kier alpha value is -2.02. The highest BCUT2D eigenvalue weighted by atomic mass is 32.2. The van der Waals surface area contributed by atoms with Gasteiger partial charge in [0.25, 0.3) is 0 Å². The van der Waals surface area contributed by atoms with Crippen LogP contribution in [0.4, 0.5) is 0 Å². The fourth-order valence-corrected chi connectivity index (χ4v) is 4.04. The van der Waals surface area contributed by atoms with Crippen LogP contribution in [0.2, 0.25) is 0 Å². The summed E-state index contributed by atoms with van der Waals surface area (Å²) in [6.45, 7) is 0.329. The number of sulfonamides is 1. The summed E-state index contributed by atoms with van der Waals surface area (Å²) in [5.41, 5.74) is 1.97. The van der Waals surface area contributed by atoms with Gasteiger partial charge in [-0.25, -0.2) is 18.1 Å². The van der Waals surface area contributed by atoms with Crippen LogP contribution in [0.1, 0.15) is 5.69 Å².